The second-order valence-corrected chi connectivity index (χ2v) is 26.3. The van der Waals surface area contributed by atoms with Crippen molar-refractivity contribution in [2.75, 3.05) is 84.0 Å². The summed E-state index contributed by atoms with van der Waals surface area (Å²) in [4.78, 5) is 94.8. The van der Waals surface area contributed by atoms with Crippen molar-refractivity contribution in [2.24, 2.45) is 0 Å². The first-order valence-corrected chi connectivity index (χ1v) is 36.2. The number of anilines is 3. The molecule has 1 fully saturated rings. The summed E-state index contributed by atoms with van der Waals surface area (Å²) < 4.78 is 60.0. The van der Waals surface area contributed by atoms with Gasteiger partial charge in [0.05, 0.1) is 56.7 Å². The molecule has 1 aliphatic heterocycles. The fourth-order valence-electron chi connectivity index (χ4n) is 13.7. The number of carbonyl (C=O) groups excluding carboxylic acids is 7. The quantitative estimate of drug-likeness (QED) is 0.0191. The zero-order valence-electron chi connectivity index (χ0n) is 60.9. The number of aliphatic hydroxyl groups is 1. The summed E-state index contributed by atoms with van der Waals surface area (Å²) >= 11 is 0. The predicted molar refractivity (Wildman–Crippen MR) is 389 cm³/mol. The first kappa shape index (κ1) is 80.3. The number of carbonyl (C=O) groups is 8. The molecule has 0 aromatic heterocycles. The normalized spacial score (nSPS) is 15.8. The topological polar surface area (TPSA) is 327 Å². The Morgan fingerprint density at radius 1 is 0.406 bits per heavy atom. The van der Waals surface area contributed by atoms with E-state index < -0.39 is 66.6 Å². The second kappa shape index (κ2) is 41.2. The average Bonchev–Trinajstić information content (AvgIpc) is 1.63. The zero-order chi connectivity index (χ0) is 75.3. The third-order valence-corrected chi connectivity index (χ3v) is 18.8. The Kier molecular flexibility index (Phi) is 31.2. The van der Waals surface area contributed by atoms with Gasteiger partial charge in [-0.05, 0) is 206 Å². The lowest BCUT2D eigenvalue weighted by Crippen LogP contribution is -2.35. The Morgan fingerprint density at radius 2 is 0.698 bits per heavy atom. The Bertz CT molecular complexity index is 3860. The van der Waals surface area contributed by atoms with E-state index in [1.54, 1.807) is 6.92 Å². The highest BCUT2D eigenvalue weighted by atomic mass is 16.6. The van der Waals surface area contributed by atoms with E-state index in [2.05, 4.69) is 38.9 Å². The van der Waals surface area contributed by atoms with Crippen LogP contribution in [0.2, 0.25) is 0 Å². The summed E-state index contributed by atoms with van der Waals surface area (Å²) in [6, 6.07) is 35.1. The van der Waals surface area contributed by atoms with Crippen molar-refractivity contribution in [3.63, 3.8) is 0 Å². The van der Waals surface area contributed by atoms with E-state index in [0.717, 1.165) is 149 Å². The molecular weight excluding hydrogens is 1370 g/mol. The molecule has 25 nitrogen and oxygen atoms in total. The molecule has 0 radical (unpaired) electrons. The summed E-state index contributed by atoms with van der Waals surface area (Å²) in [5.41, 5.74) is 20.5. The third-order valence-electron chi connectivity index (χ3n) is 18.8. The highest BCUT2D eigenvalue weighted by Gasteiger charge is 2.35. The molecule has 6 aliphatic carbocycles. The number of carboxylic acid groups (broad SMARTS) is 1. The molecule has 0 bridgehead atoms. The molecule has 6 aromatic rings. The van der Waals surface area contributed by atoms with Crippen molar-refractivity contribution < 1.29 is 105 Å². The van der Waals surface area contributed by atoms with Crippen LogP contribution in [-0.4, -0.2) is 157 Å². The van der Waals surface area contributed by atoms with Crippen LogP contribution in [0.15, 0.2) is 109 Å². The van der Waals surface area contributed by atoms with Crippen molar-refractivity contribution in [3.05, 3.63) is 193 Å². The predicted octanol–water partition coefficient (Wildman–Crippen LogP) is 10.9. The molecule has 568 valence electrons. The van der Waals surface area contributed by atoms with Gasteiger partial charge < -0.3 is 67.1 Å². The molecule has 0 spiro atoms. The number of esters is 4. The van der Waals surface area contributed by atoms with E-state index in [9.17, 15) is 43.5 Å². The number of ether oxygens (including phenoxy) is 12. The number of aliphatic hydroxyl groups excluding tert-OH is 1. The van der Waals surface area contributed by atoms with Crippen molar-refractivity contribution in [2.45, 2.75) is 173 Å². The van der Waals surface area contributed by atoms with Gasteiger partial charge in [-0.3, -0.25) is 16.0 Å². The molecule has 3 amide bonds. The first-order chi connectivity index (χ1) is 51.5. The van der Waals surface area contributed by atoms with Gasteiger partial charge in [-0.2, -0.15) is 0 Å². The maximum Gasteiger partial charge on any atom is 0.412 e. The molecule has 6 aromatic carbocycles. The molecule has 13 rings (SSSR count). The minimum absolute atomic E-state index is 0.0305. The van der Waals surface area contributed by atoms with Gasteiger partial charge in [0.15, 0.2) is 12.2 Å². The Balaban J connectivity index is 0.000000158. The van der Waals surface area contributed by atoms with E-state index in [0.29, 0.717) is 13.2 Å². The summed E-state index contributed by atoms with van der Waals surface area (Å²) in [5, 5.41) is 26.9. The van der Waals surface area contributed by atoms with Crippen molar-refractivity contribution in [1.29, 1.82) is 0 Å². The molecule has 1 heterocycles. The van der Waals surface area contributed by atoms with Crippen LogP contribution in [0.1, 0.15) is 129 Å². The van der Waals surface area contributed by atoms with Crippen LogP contribution in [0, 0.1) is 0 Å². The van der Waals surface area contributed by atoms with Crippen molar-refractivity contribution >= 4 is 65.2 Å². The largest absolute Gasteiger partial charge is 0.478 e. The van der Waals surface area contributed by atoms with E-state index >= 15 is 0 Å². The lowest BCUT2D eigenvalue weighted by Gasteiger charge is -2.19. The number of fused-ring (bicyclic) bond motifs is 6. The maximum absolute atomic E-state index is 12.7. The maximum atomic E-state index is 12.7. The van der Waals surface area contributed by atoms with Crippen LogP contribution in [0.5, 0.6) is 0 Å². The molecule has 0 unspecified atom stereocenters. The average molecular weight is 1460 g/mol. The number of carboxylic acids is 1. The van der Waals surface area contributed by atoms with Crippen LogP contribution in [-0.2, 0) is 178 Å². The van der Waals surface area contributed by atoms with E-state index in [4.69, 9.17) is 57.2 Å². The lowest BCUT2D eigenvalue weighted by atomic mass is 9.99. The van der Waals surface area contributed by atoms with Crippen molar-refractivity contribution in [3.8, 4) is 0 Å². The highest BCUT2D eigenvalue weighted by Crippen LogP contribution is 2.42. The first-order valence-electron chi connectivity index (χ1n) is 36.2. The summed E-state index contributed by atoms with van der Waals surface area (Å²) in [7, 11) is 5.68. The van der Waals surface area contributed by atoms with Crippen LogP contribution in [0.25, 0.3) is 0 Å². The fourth-order valence-corrected chi connectivity index (χ4v) is 13.7. The minimum Gasteiger partial charge on any atom is -0.478 e. The minimum atomic E-state index is -1.30. The van der Waals surface area contributed by atoms with Crippen LogP contribution in [0.4, 0.5) is 31.4 Å². The number of methoxy groups -OCH3 is 4. The van der Waals surface area contributed by atoms with Gasteiger partial charge in [-0.1, -0.05) is 109 Å². The number of nitrogens with one attached hydrogen (secondary N) is 3. The van der Waals surface area contributed by atoms with Gasteiger partial charge in [0, 0.05) is 28.4 Å². The van der Waals surface area contributed by atoms with Gasteiger partial charge in [0.25, 0.3) is 0 Å². The molecule has 5 N–H and O–H groups in total. The van der Waals surface area contributed by atoms with Crippen LogP contribution < -0.4 is 16.0 Å². The molecule has 0 saturated carbocycles. The van der Waals surface area contributed by atoms with Gasteiger partial charge in [-0.25, -0.2) is 38.4 Å². The number of benzene rings is 6. The molecule has 25 heteroatoms. The Labute approximate surface area is 617 Å². The van der Waals surface area contributed by atoms with Crippen molar-refractivity contribution in [1.82, 2.24) is 0 Å². The monoisotopic (exact) mass is 1460 g/mol. The fraction of sp³-hybridized carbons (Fsp3) is 0.457. The van der Waals surface area contributed by atoms with E-state index in [1.165, 1.54) is 95.2 Å². The number of hydrogen-bond donors (Lipinski definition) is 5. The van der Waals surface area contributed by atoms with Crippen LogP contribution in [0.3, 0.4) is 0 Å². The Morgan fingerprint density at radius 3 is 1.00 bits per heavy atom. The highest BCUT2D eigenvalue weighted by molar-refractivity contribution is 5.92. The van der Waals surface area contributed by atoms with Gasteiger partial charge in [0.2, 0.25) is 18.3 Å². The van der Waals surface area contributed by atoms with E-state index in [1.807, 2.05) is 91.0 Å². The molecule has 1 saturated heterocycles. The number of aryl methyl sites for hydroxylation is 6. The molecule has 5 atom stereocenters. The smallest absolute Gasteiger partial charge is 0.412 e. The van der Waals surface area contributed by atoms with E-state index in [-0.39, 0.29) is 58.3 Å². The summed E-state index contributed by atoms with van der Waals surface area (Å²) in [6.45, 7) is 2.74. The van der Waals surface area contributed by atoms with Gasteiger partial charge in [0.1, 0.15) is 19.8 Å². The van der Waals surface area contributed by atoms with Gasteiger partial charge >= 0.3 is 48.1 Å². The lowest BCUT2D eigenvalue weighted by molar-refractivity contribution is -0.158. The third kappa shape index (κ3) is 23.4. The van der Waals surface area contributed by atoms with Gasteiger partial charge in [-0.15, -0.1) is 0 Å². The number of epoxide rings is 1. The standard InChI is InChI=1S/C24H27NO5.C19H25NO5.C17H21NO5.C11H14O4.C10H10O3/c1-28-15-21(23(26)29-14-16-7-3-2-4-8-16)30-24(27)25-22-19-11-5-9-17(19)13-18-10-6-12-20(18)22;1-3-24-18(21)16(11-23-2)25-19(22)20-17-14-8-4-6-12(14)10-13-7-5-9-15(13)17;1-22-9-14(16(19)20)23-17(21)18-15-12-6-2-4-10(12)8-11-5-3-7-13(11)15;1-14-8-10(12)11(13)15-7-9-5-3-2-4-6-9;11-10(9-7-12-9)13-6-8-4-2-1-3-5-8/h2-4,7-8,13,21H,5-6,9-12,14-15H2,1H3,(H,25,27);10,16H,3-9,11H2,1-2H3,(H,20,22);8,14H,2-7,9H2,1H3,(H,18,21)(H,19,20);2-6,10,12H,7-8H2,1H3;1-5,9H,6-7H2/t21-;16-;14-;10-;9-/m11111/s1. The number of amides is 3. The molecular formula is C81H97N3O22. The second-order valence-electron chi connectivity index (χ2n) is 26.3. The number of hydrogen-bond acceptors (Lipinski definition) is 21. The number of aliphatic carboxylic acids is 1. The number of rotatable bonds is 26. The molecule has 106 heavy (non-hydrogen) atoms. The summed E-state index contributed by atoms with van der Waals surface area (Å²) in [5.74, 6) is -3.36. The SMILES string of the molecule is CCOC(=O)[C@@H](COC)OC(=O)Nc1c2c(cc3c1CCC3)CCC2.COC[C@@H](O)C(=O)OCc1ccccc1.COC[C@@H](OC(=O)Nc1c2c(cc3c1CCC3)CCC2)C(=O)O.COC[C@@H](OC(=O)Nc1c2c(cc3c1CCC3)CCC2)C(=O)OCc1ccccc1.O=C(OCc1ccccc1)[C@H]1CO1. The zero-order valence-corrected chi connectivity index (χ0v) is 60.9. The molecule has 7 aliphatic rings. The summed E-state index contributed by atoms with van der Waals surface area (Å²) in [6.07, 6.45) is 11.6. The Hall–Kier alpha value is -9.76. The van der Waals surface area contributed by atoms with Crippen LogP contribution >= 0.6 is 0 Å².